The number of nitrogens with zero attached hydrogens (tertiary/aromatic N) is 1. The van der Waals surface area contributed by atoms with Crippen LogP contribution in [0.25, 0.3) is 0 Å². The second-order valence-corrected chi connectivity index (χ2v) is 7.27. The van der Waals surface area contributed by atoms with E-state index in [4.69, 9.17) is 17.4 Å². The fourth-order valence-corrected chi connectivity index (χ4v) is 2.24. The minimum absolute atomic E-state index is 0. The van der Waals surface area contributed by atoms with Gasteiger partial charge >= 0.3 is 0 Å². The molecular formula is C20H26Cl3FN2O2. The fraction of sp³-hybridized carbons (Fsp3) is 0.300. The van der Waals surface area contributed by atoms with Crippen LogP contribution in [0.2, 0.25) is 0 Å². The first-order valence-electron chi connectivity index (χ1n) is 8.06. The number of hydrogen-bond acceptors (Lipinski definition) is 3. The van der Waals surface area contributed by atoms with Crippen LogP contribution in [-0.4, -0.2) is 21.7 Å². The van der Waals surface area contributed by atoms with E-state index >= 15 is 0 Å². The Morgan fingerprint density at radius 2 is 1.54 bits per heavy atom. The molecule has 0 fully saturated rings. The van der Waals surface area contributed by atoms with Gasteiger partial charge in [0.1, 0.15) is 5.82 Å². The van der Waals surface area contributed by atoms with Crippen LogP contribution < -0.4 is 5.84 Å². The third kappa shape index (κ3) is 8.15. The average molecular weight is 452 g/mol. The van der Waals surface area contributed by atoms with Crippen molar-refractivity contribution in [2.75, 3.05) is 0 Å². The Bertz CT molecular complexity index is 794. The Labute approximate surface area is 183 Å². The predicted octanol–water partition coefficient (Wildman–Crippen LogP) is 5.47. The van der Waals surface area contributed by atoms with Gasteiger partial charge in [-0.3, -0.25) is 14.6 Å². The molecule has 1 amide bonds. The maximum Gasteiger partial charge on any atom is 0.271 e. The largest absolute Gasteiger partial charge is 0.276 e. The van der Waals surface area contributed by atoms with E-state index in [-0.39, 0.29) is 30.4 Å². The number of rotatable bonds is 2. The highest BCUT2D eigenvalue weighted by atomic mass is 35.5. The summed E-state index contributed by atoms with van der Waals surface area (Å²) in [6.45, 7) is 8.85. The van der Waals surface area contributed by atoms with Gasteiger partial charge in [-0.1, -0.05) is 36.4 Å². The molecule has 28 heavy (non-hydrogen) atoms. The van der Waals surface area contributed by atoms with Crippen molar-refractivity contribution in [3.05, 3.63) is 70.5 Å². The highest BCUT2D eigenvalue weighted by Gasteiger charge is 2.27. The summed E-state index contributed by atoms with van der Waals surface area (Å²) in [5.41, 5.74) is 1.32. The van der Waals surface area contributed by atoms with Crippen molar-refractivity contribution in [2.24, 2.45) is 5.84 Å². The minimum Gasteiger partial charge on any atom is -0.276 e. The van der Waals surface area contributed by atoms with Gasteiger partial charge in [-0.05, 0) is 63.4 Å². The number of carbonyl (C=O) groups excluding carboxylic acids is 2. The molecule has 4 nitrogen and oxygen atoms in total. The van der Waals surface area contributed by atoms with Crippen molar-refractivity contribution in [2.45, 2.75) is 40.2 Å². The lowest BCUT2D eigenvalue weighted by atomic mass is 10.0. The molecule has 0 radical (unpaired) electrons. The van der Waals surface area contributed by atoms with Gasteiger partial charge in [0, 0.05) is 5.56 Å². The van der Waals surface area contributed by atoms with Crippen LogP contribution >= 0.6 is 36.4 Å². The van der Waals surface area contributed by atoms with Gasteiger partial charge in [0.05, 0.1) is 11.1 Å². The third-order valence-electron chi connectivity index (χ3n) is 3.57. The number of aryl methyl sites for hydroxylation is 2. The number of halogens is 4. The van der Waals surface area contributed by atoms with E-state index in [0.717, 1.165) is 10.6 Å². The van der Waals surface area contributed by atoms with Crippen molar-refractivity contribution in [3.8, 4) is 0 Å². The quantitative estimate of drug-likeness (QED) is 0.285. The maximum absolute atomic E-state index is 13.9. The number of carbonyl (C=O) groups is 2. The number of amides is 1. The molecule has 0 aliphatic heterocycles. The molecule has 2 aromatic rings. The van der Waals surface area contributed by atoms with Gasteiger partial charge in [0.2, 0.25) is 0 Å². The zero-order valence-electron chi connectivity index (χ0n) is 16.5. The molecule has 0 spiro atoms. The molecule has 2 rings (SSSR count). The van der Waals surface area contributed by atoms with Crippen molar-refractivity contribution in [1.29, 1.82) is 0 Å². The van der Waals surface area contributed by atoms with Crippen LogP contribution in [-0.2, 0) is 0 Å². The molecule has 0 saturated carbocycles. The summed E-state index contributed by atoms with van der Waals surface area (Å²) in [4.78, 5) is 22.5. The van der Waals surface area contributed by atoms with Gasteiger partial charge in [-0.25, -0.2) is 10.2 Å². The second-order valence-electron chi connectivity index (χ2n) is 6.93. The molecule has 0 atom stereocenters. The standard InChI is InChI=1S/C13H19FN2O.C7H5ClO.2ClH/c1-8-6-9(2)11(14)10(7-8)12(17)16(15)13(3,4)5;8-7(9)6-4-2-1-3-5-6;;/h6-7H,15H2,1-5H3;1-5H;2*1H. The highest BCUT2D eigenvalue weighted by Crippen LogP contribution is 2.19. The van der Waals surface area contributed by atoms with E-state index in [9.17, 15) is 14.0 Å². The molecule has 0 bridgehead atoms. The topological polar surface area (TPSA) is 63.4 Å². The molecule has 0 aliphatic carbocycles. The van der Waals surface area contributed by atoms with Gasteiger partial charge in [-0.15, -0.1) is 24.8 Å². The van der Waals surface area contributed by atoms with Crippen LogP contribution in [0.1, 0.15) is 52.6 Å². The van der Waals surface area contributed by atoms with Crippen molar-refractivity contribution < 1.29 is 14.0 Å². The van der Waals surface area contributed by atoms with Gasteiger partial charge in [0.25, 0.3) is 11.1 Å². The predicted molar refractivity (Wildman–Crippen MR) is 117 cm³/mol. The zero-order chi connectivity index (χ0) is 20.1. The van der Waals surface area contributed by atoms with Crippen molar-refractivity contribution in [1.82, 2.24) is 5.01 Å². The zero-order valence-corrected chi connectivity index (χ0v) is 18.8. The Kier molecular flexibility index (Phi) is 12.3. The van der Waals surface area contributed by atoms with Gasteiger partial charge in [-0.2, -0.15) is 0 Å². The van der Waals surface area contributed by atoms with E-state index in [2.05, 4.69) is 0 Å². The molecule has 2 N–H and O–H groups in total. The van der Waals surface area contributed by atoms with Crippen LogP contribution in [0.3, 0.4) is 0 Å². The van der Waals surface area contributed by atoms with Crippen LogP contribution in [0.15, 0.2) is 42.5 Å². The third-order valence-corrected chi connectivity index (χ3v) is 3.79. The number of benzene rings is 2. The first kappa shape index (κ1) is 28.5. The molecule has 0 aliphatic rings. The van der Waals surface area contributed by atoms with E-state index in [1.54, 1.807) is 58.0 Å². The first-order chi connectivity index (χ1) is 11.9. The average Bonchev–Trinajstić information content (AvgIpc) is 2.57. The normalized spacial score (nSPS) is 9.86. The lowest BCUT2D eigenvalue weighted by Gasteiger charge is -2.31. The summed E-state index contributed by atoms with van der Waals surface area (Å²) in [7, 11) is 0. The summed E-state index contributed by atoms with van der Waals surface area (Å²) in [5, 5.41) is 0.653. The Hall–Kier alpha value is -1.66. The van der Waals surface area contributed by atoms with Crippen LogP contribution in [0, 0.1) is 19.7 Å². The second kappa shape index (κ2) is 12.0. The number of nitrogens with two attached hydrogens (primary N) is 1. The van der Waals surface area contributed by atoms with Crippen molar-refractivity contribution in [3.63, 3.8) is 0 Å². The molecule has 0 aromatic heterocycles. The van der Waals surface area contributed by atoms with Gasteiger partial charge < -0.3 is 0 Å². The molecule has 8 heteroatoms. The lowest BCUT2D eigenvalue weighted by Crippen LogP contribution is -2.50. The van der Waals surface area contributed by atoms with E-state index in [1.165, 1.54) is 6.07 Å². The lowest BCUT2D eigenvalue weighted by molar-refractivity contribution is 0.0576. The number of hydrazine groups is 1. The minimum atomic E-state index is -0.541. The molecule has 0 unspecified atom stereocenters. The SMILES string of the molecule is Cc1cc(C)c(F)c(C(=O)N(N)C(C)(C)C)c1.Cl.Cl.O=C(Cl)c1ccccc1. The molecule has 0 saturated heterocycles. The summed E-state index contributed by atoms with van der Waals surface area (Å²) in [6, 6.07) is 12.0. The van der Waals surface area contributed by atoms with E-state index in [0.29, 0.717) is 11.1 Å². The highest BCUT2D eigenvalue weighted by molar-refractivity contribution is 6.67. The number of hydrogen-bond donors (Lipinski definition) is 1. The Balaban J connectivity index is 0. The Morgan fingerprint density at radius 3 is 1.93 bits per heavy atom. The molecule has 2 aromatic carbocycles. The molecule has 0 heterocycles. The van der Waals surface area contributed by atoms with Crippen molar-refractivity contribution >= 4 is 47.6 Å². The summed E-state index contributed by atoms with van der Waals surface area (Å²) in [6.07, 6.45) is 0. The molecule has 156 valence electrons. The fourth-order valence-electron chi connectivity index (χ4n) is 2.11. The van der Waals surface area contributed by atoms with E-state index in [1.807, 2.05) is 13.0 Å². The maximum atomic E-state index is 13.9. The smallest absolute Gasteiger partial charge is 0.271 e. The van der Waals surface area contributed by atoms with Gasteiger partial charge in [0.15, 0.2) is 0 Å². The Morgan fingerprint density at radius 1 is 1.04 bits per heavy atom. The summed E-state index contributed by atoms with van der Waals surface area (Å²) < 4.78 is 13.9. The first-order valence-corrected chi connectivity index (χ1v) is 8.43. The van der Waals surface area contributed by atoms with Crippen LogP contribution in [0.4, 0.5) is 4.39 Å². The summed E-state index contributed by atoms with van der Waals surface area (Å²) >= 11 is 5.16. The van der Waals surface area contributed by atoms with E-state index < -0.39 is 22.5 Å². The summed E-state index contributed by atoms with van der Waals surface area (Å²) in [5.74, 6) is 4.71. The monoisotopic (exact) mass is 450 g/mol. The molecular weight excluding hydrogens is 426 g/mol. The van der Waals surface area contributed by atoms with Crippen LogP contribution in [0.5, 0.6) is 0 Å².